The molecule has 0 aliphatic heterocycles. The van der Waals surface area contributed by atoms with E-state index in [0.29, 0.717) is 54.8 Å². The Kier molecular flexibility index (Phi) is 5.99. The molecule has 1 unspecified atom stereocenters. The van der Waals surface area contributed by atoms with Gasteiger partial charge in [-0.1, -0.05) is 20.8 Å². The normalized spacial score (nSPS) is 43.3. The third kappa shape index (κ3) is 3.88. The molecule has 5 heteroatoms. The van der Waals surface area contributed by atoms with Crippen molar-refractivity contribution in [2.45, 2.75) is 91.2 Å². The van der Waals surface area contributed by atoms with Crippen LogP contribution >= 0.6 is 0 Å². The maximum absolute atomic E-state index is 13.5. The molecule has 4 fully saturated rings. The fraction of sp³-hybridized carbons (Fsp3) is 0.786. The molecule has 0 aromatic carbocycles. The summed E-state index contributed by atoms with van der Waals surface area (Å²) in [5.74, 6) is 3.59. The smallest absolute Gasteiger partial charge is 0.220 e. The molecule has 0 saturated heterocycles. The third-order valence-electron chi connectivity index (χ3n) is 10.7. The van der Waals surface area contributed by atoms with Crippen LogP contribution < -0.4 is 5.32 Å². The molecule has 0 bridgehead atoms. The van der Waals surface area contributed by atoms with Gasteiger partial charge < -0.3 is 14.8 Å². The third-order valence-corrected chi connectivity index (χ3v) is 10.7. The number of Topliss-reactive ketones (excluding diaryl/α,β-unsaturated/α-hetero) is 1. The molecule has 1 amide bonds. The Labute approximate surface area is 198 Å². The predicted molar refractivity (Wildman–Crippen MR) is 126 cm³/mol. The maximum atomic E-state index is 13.5. The van der Waals surface area contributed by atoms with Crippen LogP contribution in [-0.2, 0) is 16.1 Å². The van der Waals surface area contributed by atoms with Gasteiger partial charge in [0.15, 0.2) is 0 Å². The number of furan rings is 1. The Morgan fingerprint density at radius 1 is 1.18 bits per heavy atom. The molecule has 1 heterocycles. The topological polar surface area (TPSA) is 79.5 Å². The van der Waals surface area contributed by atoms with Crippen molar-refractivity contribution in [1.82, 2.24) is 5.32 Å². The Balaban J connectivity index is 1.28. The predicted octanol–water partition coefficient (Wildman–Crippen LogP) is 5.12. The number of hydrogen-bond donors (Lipinski definition) is 2. The van der Waals surface area contributed by atoms with Gasteiger partial charge in [-0.25, -0.2) is 0 Å². The number of hydrogen-bond acceptors (Lipinski definition) is 4. The Hall–Kier alpha value is -1.62. The first-order valence-electron chi connectivity index (χ1n) is 13.2. The minimum atomic E-state index is -0.225. The summed E-state index contributed by atoms with van der Waals surface area (Å²) in [6.45, 7) is 7.53. The van der Waals surface area contributed by atoms with Crippen molar-refractivity contribution >= 4 is 11.7 Å². The van der Waals surface area contributed by atoms with Crippen molar-refractivity contribution < 1.29 is 19.1 Å². The number of nitrogens with one attached hydrogen (secondary N) is 1. The Morgan fingerprint density at radius 3 is 2.70 bits per heavy atom. The van der Waals surface area contributed by atoms with Crippen molar-refractivity contribution in [2.24, 2.45) is 46.3 Å². The van der Waals surface area contributed by atoms with E-state index in [1.807, 2.05) is 12.1 Å². The van der Waals surface area contributed by atoms with Crippen LogP contribution in [0.4, 0.5) is 0 Å². The molecule has 9 atom stereocenters. The summed E-state index contributed by atoms with van der Waals surface area (Å²) in [6, 6.07) is 3.72. The van der Waals surface area contributed by atoms with Crippen LogP contribution in [0.15, 0.2) is 22.8 Å². The summed E-state index contributed by atoms with van der Waals surface area (Å²) in [5, 5.41) is 13.3. The van der Waals surface area contributed by atoms with Crippen LogP contribution in [-0.4, -0.2) is 22.9 Å². The van der Waals surface area contributed by atoms with Gasteiger partial charge in [0.25, 0.3) is 0 Å². The molecule has 4 aliphatic rings. The highest BCUT2D eigenvalue weighted by Gasteiger charge is 2.63. The molecule has 4 saturated carbocycles. The molecule has 0 spiro atoms. The molecule has 4 aliphatic carbocycles. The van der Waals surface area contributed by atoms with Crippen LogP contribution in [0, 0.1) is 46.3 Å². The number of ketones is 1. The summed E-state index contributed by atoms with van der Waals surface area (Å²) in [6.07, 6.45) is 9.90. The van der Waals surface area contributed by atoms with Gasteiger partial charge in [-0.2, -0.15) is 0 Å². The van der Waals surface area contributed by atoms with Crippen molar-refractivity contribution in [1.29, 1.82) is 0 Å². The number of aliphatic hydroxyl groups is 1. The summed E-state index contributed by atoms with van der Waals surface area (Å²) >= 11 is 0. The molecule has 1 aromatic heterocycles. The van der Waals surface area contributed by atoms with Gasteiger partial charge in [0.05, 0.1) is 18.9 Å². The average molecular weight is 456 g/mol. The van der Waals surface area contributed by atoms with E-state index in [9.17, 15) is 14.7 Å². The summed E-state index contributed by atoms with van der Waals surface area (Å²) in [5.41, 5.74) is 0.351. The molecule has 1 aromatic rings. The molecular weight excluding hydrogens is 414 g/mol. The lowest BCUT2D eigenvalue weighted by molar-refractivity contribution is -0.161. The monoisotopic (exact) mass is 455 g/mol. The minimum Gasteiger partial charge on any atom is -0.467 e. The van der Waals surface area contributed by atoms with Crippen LogP contribution in [0.3, 0.4) is 0 Å². The Bertz CT molecular complexity index is 880. The highest BCUT2D eigenvalue weighted by atomic mass is 16.3. The molecule has 5 rings (SSSR count). The number of rotatable bonds is 5. The molecule has 182 valence electrons. The van der Waals surface area contributed by atoms with Crippen molar-refractivity contribution in [3.8, 4) is 0 Å². The van der Waals surface area contributed by atoms with Gasteiger partial charge in [-0.05, 0) is 97.5 Å². The zero-order chi connectivity index (χ0) is 23.4. The second kappa shape index (κ2) is 8.55. The van der Waals surface area contributed by atoms with Gasteiger partial charge in [-0.15, -0.1) is 0 Å². The zero-order valence-corrected chi connectivity index (χ0v) is 20.5. The lowest BCUT2D eigenvalue weighted by Gasteiger charge is -2.60. The molecule has 5 nitrogen and oxygen atoms in total. The number of amides is 1. The van der Waals surface area contributed by atoms with E-state index in [1.54, 1.807) is 6.26 Å². The molecule has 2 N–H and O–H groups in total. The first kappa shape index (κ1) is 23.1. The number of fused-ring (bicyclic) bond motifs is 5. The highest BCUT2D eigenvalue weighted by molar-refractivity contribution is 5.83. The molecule has 0 radical (unpaired) electrons. The second-order valence-electron chi connectivity index (χ2n) is 12.3. The van der Waals surface area contributed by atoms with E-state index in [-0.39, 0.29) is 28.8 Å². The Morgan fingerprint density at radius 2 is 1.94 bits per heavy atom. The lowest BCUT2D eigenvalue weighted by atomic mass is 9.44. The van der Waals surface area contributed by atoms with Gasteiger partial charge in [0, 0.05) is 18.8 Å². The van der Waals surface area contributed by atoms with E-state index < -0.39 is 0 Å². The van der Waals surface area contributed by atoms with Gasteiger partial charge in [-0.3, -0.25) is 9.59 Å². The minimum absolute atomic E-state index is 0.0875. The van der Waals surface area contributed by atoms with Gasteiger partial charge >= 0.3 is 0 Å². The summed E-state index contributed by atoms with van der Waals surface area (Å²) < 4.78 is 5.33. The van der Waals surface area contributed by atoms with E-state index in [2.05, 4.69) is 26.1 Å². The average Bonchev–Trinajstić information content (AvgIpc) is 3.41. The summed E-state index contributed by atoms with van der Waals surface area (Å²) in [4.78, 5) is 26.2. The largest absolute Gasteiger partial charge is 0.467 e. The van der Waals surface area contributed by atoms with Crippen LogP contribution in [0.2, 0.25) is 0 Å². The van der Waals surface area contributed by atoms with Crippen molar-refractivity contribution in [2.75, 3.05) is 0 Å². The number of carbonyl (C=O) groups is 2. The summed E-state index contributed by atoms with van der Waals surface area (Å²) in [7, 11) is 0. The first-order chi connectivity index (χ1) is 15.7. The first-order valence-corrected chi connectivity index (χ1v) is 13.2. The van der Waals surface area contributed by atoms with Gasteiger partial charge in [0.2, 0.25) is 5.91 Å². The lowest BCUT2D eigenvalue weighted by Crippen LogP contribution is -2.57. The molecular formula is C28H41NO4. The van der Waals surface area contributed by atoms with Crippen molar-refractivity contribution in [3.05, 3.63) is 24.2 Å². The van der Waals surface area contributed by atoms with Gasteiger partial charge in [0.1, 0.15) is 11.5 Å². The number of carbonyl (C=O) groups excluding carboxylic acids is 2. The quantitative estimate of drug-likeness (QED) is 0.646. The SMILES string of the molecule is C[C@H](CC(=O)NCc1ccco1)C1CC[C@H]2[C@@H]3C(=O)C[C@@H]4C[C@H](O)CC[C@]4(C)[C@H]3CC[C@]12C. The van der Waals surface area contributed by atoms with Crippen LogP contribution in [0.5, 0.6) is 0 Å². The zero-order valence-electron chi connectivity index (χ0n) is 20.5. The van der Waals surface area contributed by atoms with Crippen LogP contribution in [0.25, 0.3) is 0 Å². The van der Waals surface area contributed by atoms with E-state index in [0.717, 1.165) is 44.3 Å². The molecule has 33 heavy (non-hydrogen) atoms. The fourth-order valence-corrected chi connectivity index (χ4v) is 8.99. The highest BCUT2D eigenvalue weighted by Crippen LogP contribution is 2.67. The number of aliphatic hydroxyl groups excluding tert-OH is 1. The van der Waals surface area contributed by atoms with E-state index >= 15 is 0 Å². The standard InChI is InChI=1S/C28H41NO4/c1-17(13-25(32)29-16-20-5-4-12-33-20)21-6-7-22-26-23(9-11-28(21,22)3)27(2)10-8-19(30)14-18(27)15-24(26)31/h4-5,12,17-19,21-23,26,30H,6-11,13-16H2,1-3H3,(H,29,32)/t17-,18+,19-,21?,22+,23+,26+,27+,28-/m1/s1. The van der Waals surface area contributed by atoms with Crippen LogP contribution in [0.1, 0.15) is 84.3 Å². The van der Waals surface area contributed by atoms with Crippen molar-refractivity contribution in [3.63, 3.8) is 0 Å². The second-order valence-corrected chi connectivity index (χ2v) is 12.3. The maximum Gasteiger partial charge on any atom is 0.220 e. The van der Waals surface area contributed by atoms with E-state index in [4.69, 9.17) is 4.42 Å². The fourth-order valence-electron chi connectivity index (χ4n) is 8.99. The van der Waals surface area contributed by atoms with E-state index in [1.165, 1.54) is 6.42 Å².